The van der Waals surface area contributed by atoms with E-state index in [9.17, 15) is 10.1 Å². The Morgan fingerprint density at radius 1 is 1.08 bits per heavy atom. The van der Waals surface area contributed by atoms with Crippen molar-refractivity contribution in [1.29, 1.82) is 5.26 Å². The molecule has 0 spiro atoms. The summed E-state index contributed by atoms with van der Waals surface area (Å²) in [5, 5.41) is 14.4. The summed E-state index contributed by atoms with van der Waals surface area (Å²) in [4.78, 5) is 18.4. The number of thioether (sulfide) groups is 1. The number of hydrogen-bond acceptors (Lipinski definition) is 5. The Kier molecular flexibility index (Phi) is 8.14. The average Bonchev–Trinajstić information content (AvgIpc) is 2.88. The van der Waals surface area contributed by atoms with Gasteiger partial charge in [-0.15, -0.1) is 11.8 Å². The largest absolute Gasteiger partial charge is 0.495 e. The first-order chi connectivity index (χ1) is 17.4. The minimum Gasteiger partial charge on any atom is -0.495 e. The maximum Gasteiger partial charge on any atom is 0.254 e. The van der Waals surface area contributed by atoms with Crippen LogP contribution in [0.3, 0.4) is 0 Å². The fraction of sp³-hybridized carbons (Fsp3) is 0.207. The summed E-state index contributed by atoms with van der Waals surface area (Å²) >= 11 is 8.13. The Balaban J connectivity index is 1.74. The van der Waals surface area contributed by atoms with Crippen molar-refractivity contribution in [3.63, 3.8) is 0 Å². The second-order valence-electron chi connectivity index (χ2n) is 8.48. The number of hydrogen-bond donors (Lipinski definition) is 1. The molecular weight excluding hydrogens is 490 g/mol. The van der Waals surface area contributed by atoms with E-state index >= 15 is 0 Å². The number of halogens is 1. The molecule has 5 nitrogen and oxygen atoms in total. The van der Waals surface area contributed by atoms with Gasteiger partial charge in [0.1, 0.15) is 11.7 Å². The molecule has 2 atom stereocenters. The third kappa shape index (κ3) is 5.48. The number of nitrogens with one attached hydrogen (secondary N) is 1. The third-order valence-corrected chi connectivity index (χ3v) is 7.53. The molecule has 0 saturated heterocycles. The topological polar surface area (TPSA) is 74.5 Å². The highest BCUT2D eigenvalue weighted by Crippen LogP contribution is 2.44. The quantitative estimate of drug-likeness (QED) is 0.378. The predicted octanol–water partition coefficient (Wildman–Crippen LogP) is 7.14. The van der Waals surface area contributed by atoms with Gasteiger partial charge >= 0.3 is 0 Å². The smallest absolute Gasteiger partial charge is 0.254 e. The highest BCUT2D eigenvalue weighted by atomic mass is 35.5. The number of carbonyl (C=O) groups is 1. The Labute approximate surface area is 220 Å². The maximum absolute atomic E-state index is 13.7. The van der Waals surface area contributed by atoms with Crippen molar-refractivity contribution in [2.24, 2.45) is 10.9 Å². The van der Waals surface area contributed by atoms with Gasteiger partial charge < -0.3 is 10.1 Å². The van der Waals surface area contributed by atoms with Crippen LogP contribution in [-0.4, -0.2) is 18.1 Å². The standard InChI is InChI=1S/C29H26ClN3O2S/c1-18-12-14-20(15-13-18)17-36-29-22(16-31)27(21-8-4-5-9-23(21)30)26(19(2)32-29)28(34)33-24-10-6-7-11-25(24)35-3/h4-15,22,27H,17H2,1-3H3,(H,33,34). The number of allylic oxidation sites excluding steroid dienone is 1. The fourth-order valence-electron chi connectivity index (χ4n) is 4.23. The van der Waals surface area contributed by atoms with Crippen molar-refractivity contribution in [2.45, 2.75) is 25.5 Å². The summed E-state index contributed by atoms with van der Waals surface area (Å²) < 4.78 is 5.40. The lowest BCUT2D eigenvalue weighted by Gasteiger charge is -2.31. The lowest BCUT2D eigenvalue weighted by atomic mass is 9.78. The highest BCUT2D eigenvalue weighted by molar-refractivity contribution is 8.13. The Morgan fingerprint density at radius 2 is 1.78 bits per heavy atom. The Bertz CT molecular complexity index is 1380. The van der Waals surface area contributed by atoms with Gasteiger partial charge in [0.05, 0.1) is 23.9 Å². The normalized spacial score (nSPS) is 17.2. The summed E-state index contributed by atoms with van der Waals surface area (Å²) in [6.45, 7) is 3.86. The number of benzene rings is 3. The molecule has 0 saturated carbocycles. The molecule has 182 valence electrons. The second-order valence-corrected chi connectivity index (χ2v) is 9.89. The summed E-state index contributed by atoms with van der Waals surface area (Å²) in [5.74, 6) is -0.362. The molecule has 0 radical (unpaired) electrons. The number of rotatable bonds is 6. The SMILES string of the molecule is COc1ccccc1NC(=O)C1=C(C)N=C(SCc2ccc(C)cc2)C(C#N)C1c1ccccc1Cl. The van der Waals surface area contributed by atoms with Crippen molar-refractivity contribution in [2.75, 3.05) is 12.4 Å². The van der Waals surface area contributed by atoms with E-state index < -0.39 is 11.8 Å². The summed E-state index contributed by atoms with van der Waals surface area (Å²) in [7, 11) is 1.55. The van der Waals surface area contributed by atoms with Gasteiger partial charge in [-0.1, -0.05) is 71.8 Å². The van der Waals surface area contributed by atoms with Gasteiger partial charge in [0.2, 0.25) is 0 Å². The van der Waals surface area contributed by atoms with Gasteiger partial charge in [-0.05, 0) is 43.2 Å². The van der Waals surface area contributed by atoms with E-state index in [0.29, 0.717) is 38.5 Å². The first-order valence-electron chi connectivity index (χ1n) is 11.5. The third-order valence-electron chi connectivity index (χ3n) is 6.06. The average molecular weight is 516 g/mol. The van der Waals surface area contributed by atoms with Crippen LogP contribution >= 0.6 is 23.4 Å². The van der Waals surface area contributed by atoms with Crippen LogP contribution in [0.25, 0.3) is 0 Å². The van der Waals surface area contributed by atoms with Crippen molar-refractivity contribution in [3.05, 3.63) is 106 Å². The molecule has 1 aliphatic rings. The first-order valence-corrected chi connectivity index (χ1v) is 12.9. The van der Waals surface area contributed by atoms with Gasteiger partial charge in [-0.25, -0.2) is 4.99 Å². The molecule has 4 rings (SSSR count). The maximum atomic E-state index is 13.7. The van der Waals surface area contributed by atoms with Gasteiger partial charge in [0.15, 0.2) is 0 Å². The predicted molar refractivity (Wildman–Crippen MR) is 148 cm³/mol. The zero-order valence-corrected chi connectivity index (χ0v) is 21.9. The summed E-state index contributed by atoms with van der Waals surface area (Å²) in [6, 6.07) is 25.3. The Hall–Kier alpha value is -3.53. The van der Waals surface area contributed by atoms with E-state index in [-0.39, 0.29) is 5.91 Å². The number of nitriles is 1. The lowest BCUT2D eigenvalue weighted by Crippen LogP contribution is -2.31. The number of amides is 1. The molecular formula is C29H26ClN3O2S. The van der Waals surface area contributed by atoms with Crippen LogP contribution in [0.1, 0.15) is 29.5 Å². The molecule has 1 aliphatic heterocycles. The van der Waals surface area contributed by atoms with Crippen LogP contribution < -0.4 is 10.1 Å². The molecule has 3 aromatic carbocycles. The van der Waals surface area contributed by atoms with E-state index in [0.717, 1.165) is 11.1 Å². The number of anilines is 1. The van der Waals surface area contributed by atoms with Crippen molar-refractivity contribution in [1.82, 2.24) is 0 Å². The monoisotopic (exact) mass is 515 g/mol. The molecule has 1 N–H and O–H groups in total. The van der Waals surface area contributed by atoms with E-state index in [4.69, 9.17) is 21.3 Å². The molecule has 2 unspecified atom stereocenters. The van der Waals surface area contributed by atoms with Gasteiger partial charge in [0.25, 0.3) is 5.91 Å². The van der Waals surface area contributed by atoms with E-state index in [2.05, 4.69) is 35.7 Å². The molecule has 1 heterocycles. The first kappa shape index (κ1) is 25.6. The van der Waals surface area contributed by atoms with Gasteiger partial charge in [-0.2, -0.15) is 5.26 Å². The van der Waals surface area contributed by atoms with E-state index in [1.165, 1.54) is 17.3 Å². The van der Waals surface area contributed by atoms with Gasteiger partial charge in [-0.3, -0.25) is 4.79 Å². The van der Waals surface area contributed by atoms with Crippen molar-refractivity contribution >= 4 is 40.0 Å². The number of carbonyl (C=O) groups excluding carboxylic acids is 1. The van der Waals surface area contributed by atoms with Crippen LogP contribution in [0.15, 0.2) is 89.1 Å². The molecule has 0 aliphatic carbocycles. The summed E-state index contributed by atoms with van der Waals surface area (Å²) in [6.07, 6.45) is 0. The number of nitrogens with zero attached hydrogens (tertiary/aromatic N) is 2. The molecule has 0 fully saturated rings. The van der Waals surface area contributed by atoms with Crippen molar-refractivity contribution < 1.29 is 9.53 Å². The van der Waals surface area contributed by atoms with E-state index in [1.807, 2.05) is 37.3 Å². The van der Waals surface area contributed by atoms with Crippen LogP contribution in [0.4, 0.5) is 5.69 Å². The van der Waals surface area contributed by atoms with Crippen LogP contribution in [0.2, 0.25) is 5.02 Å². The van der Waals surface area contributed by atoms with Crippen molar-refractivity contribution in [3.8, 4) is 11.8 Å². The lowest BCUT2D eigenvalue weighted by molar-refractivity contribution is -0.113. The fourth-order valence-corrected chi connectivity index (χ4v) is 5.56. The second kappa shape index (κ2) is 11.5. The summed E-state index contributed by atoms with van der Waals surface area (Å²) in [5.41, 5.74) is 4.57. The molecule has 0 aromatic heterocycles. The minimum absolute atomic E-state index is 0.339. The number of ether oxygens (including phenoxy) is 1. The van der Waals surface area contributed by atoms with Crippen LogP contribution in [-0.2, 0) is 10.5 Å². The number of aryl methyl sites for hydroxylation is 1. The number of methoxy groups -OCH3 is 1. The van der Waals surface area contributed by atoms with Crippen LogP contribution in [0, 0.1) is 24.2 Å². The van der Waals surface area contributed by atoms with E-state index in [1.54, 1.807) is 32.2 Å². The minimum atomic E-state index is -0.664. The highest BCUT2D eigenvalue weighted by Gasteiger charge is 2.39. The molecule has 7 heteroatoms. The zero-order valence-electron chi connectivity index (χ0n) is 20.3. The number of aliphatic imine (C=N–C) groups is 1. The van der Waals surface area contributed by atoms with Crippen LogP contribution in [0.5, 0.6) is 5.75 Å². The molecule has 1 amide bonds. The zero-order chi connectivity index (χ0) is 25.7. The van der Waals surface area contributed by atoms with Gasteiger partial charge in [0, 0.05) is 28.0 Å². The molecule has 0 bridgehead atoms. The number of para-hydroxylation sites is 2. The molecule has 3 aromatic rings. The molecule has 36 heavy (non-hydrogen) atoms. The Morgan fingerprint density at radius 3 is 2.47 bits per heavy atom.